The van der Waals surface area contributed by atoms with Crippen LogP contribution >= 0.6 is 11.6 Å². The van der Waals surface area contributed by atoms with Gasteiger partial charge >= 0.3 is 0 Å². The van der Waals surface area contributed by atoms with Crippen LogP contribution in [0.1, 0.15) is 5.56 Å². The first-order valence-corrected chi connectivity index (χ1v) is 9.09. The Morgan fingerprint density at radius 3 is 2.68 bits per heavy atom. The summed E-state index contributed by atoms with van der Waals surface area (Å²) in [5, 5.41) is 4.42. The Morgan fingerprint density at radius 1 is 1.20 bits per heavy atom. The van der Waals surface area contributed by atoms with Gasteiger partial charge in [0, 0.05) is 5.02 Å². The lowest BCUT2D eigenvalue weighted by atomic mass is 10.2. The highest BCUT2D eigenvalue weighted by molar-refractivity contribution is 7.92. The maximum atomic E-state index is 12.9. The van der Waals surface area contributed by atoms with Crippen molar-refractivity contribution >= 4 is 27.3 Å². The Hall–Kier alpha value is -2.58. The monoisotopic (exact) mass is 378 g/mol. The number of anilines is 1. The number of rotatable bonds is 5. The fourth-order valence-corrected chi connectivity index (χ4v) is 3.81. The van der Waals surface area contributed by atoms with Gasteiger partial charge in [-0.3, -0.25) is 4.72 Å². The molecule has 130 valence electrons. The summed E-state index contributed by atoms with van der Waals surface area (Å²) in [6.07, 6.45) is 2.82. The van der Waals surface area contributed by atoms with Gasteiger partial charge in [-0.1, -0.05) is 17.7 Å². The second kappa shape index (κ2) is 6.73. The van der Waals surface area contributed by atoms with E-state index in [0.29, 0.717) is 10.7 Å². The second-order valence-corrected chi connectivity index (χ2v) is 7.35. The van der Waals surface area contributed by atoms with Crippen LogP contribution in [0, 0.1) is 6.92 Å². The highest BCUT2D eigenvalue weighted by Gasteiger charge is 2.22. The molecule has 0 saturated carbocycles. The van der Waals surface area contributed by atoms with Gasteiger partial charge in [0.2, 0.25) is 0 Å². The highest BCUT2D eigenvalue weighted by Crippen LogP contribution is 2.30. The van der Waals surface area contributed by atoms with Crippen LogP contribution in [0.15, 0.2) is 53.9 Å². The molecule has 0 unspecified atom stereocenters. The fraction of sp³-hybridized carbons (Fsp3) is 0.125. The molecule has 25 heavy (non-hydrogen) atoms. The van der Waals surface area contributed by atoms with Crippen LogP contribution in [0.2, 0.25) is 5.02 Å². The van der Waals surface area contributed by atoms with E-state index in [1.807, 2.05) is 0 Å². The van der Waals surface area contributed by atoms with Crippen LogP contribution in [-0.4, -0.2) is 30.3 Å². The number of ether oxygens (including phenoxy) is 1. The molecule has 0 aliphatic heterocycles. The third-order valence-corrected chi connectivity index (χ3v) is 5.10. The van der Waals surface area contributed by atoms with Gasteiger partial charge in [0.05, 0.1) is 18.5 Å². The minimum Gasteiger partial charge on any atom is -0.495 e. The zero-order chi connectivity index (χ0) is 18.0. The summed E-state index contributed by atoms with van der Waals surface area (Å²) in [7, 11) is -2.48. The van der Waals surface area contributed by atoms with Crippen LogP contribution < -0.4 is 9.46 Å². The van der Waals surface area contributed by atoms with Crippen molar-refractivity contribution in [3.8, 4) is 11.4 Å². The number of aromatic nitrogens is 3. The predicted molar refractivity (Wildman–Crippen MR) is 94.9 cm³/mol. The first-order chi connectivity index (χ1) is 11.9. The molecule has 0 radical (unpaired) electrons. The van der Waals surface area contributed by atoms with Gasteiger partial charge in [-0.25, -0.2) is 18.1 Å². The van der Waals surface area contributed by atoms with E-state index in [9.17, 15) is 8.42 Å². The number of sulfonamides is 1. The summed E-state index contributed by atoms with van der Waals surface area (Å²) in [6.45, 7) is 1.80. The number of aryl methyl sites for hydroxylation is 1. The number of nitrogens with one attached hydrogen (secondary N) is 1. The highest BCUT2D eigenvalue weighted by atomic mass is 35.5. The molecule has 0 saturated heterocycles. The summed E-state index contributed by atoms with van der Waals surface area (Å²) in [4.78, 5) is 3.92. The molecule has 0 bridgehead atoms. The summed E-state index contributed by atoms with van der Waals surface area (Å²) >= 11 is 6.03. The zero-order valence-corrected chi connectivity index (χ0v) is 15.0. The third-order valence-electron chi connectivity index (χ3n) is 3.48. The molecule has 1 aromatic heterocycles. The lowest BCUT2D eigenvalue weighted by Gasteiger charge is -2.15. The minimum atomic E-state index is -3.90. The van der Waals surface area contributed by atoms with Crippen molar-refractivity contribution in [2.75, 3.05) is 11.8 Å². The molecule has 0 spiro atoms. The molecule has 0 atom stereocenters. The Labute approximate surface area is 150 Å². The largest absolute Gasteiger partial charge is 0.495 e. The van der Waals surface area contributed by atoms with E-state index < -0.39 is 10.0 Å². The van der Waals surface area contributed by atoms with E-state index in [2.05, 4.69) is 14.8 Å². The Bertz CT molecular complexity index is 1000. The molecule has 0 aliphatic carbocycles. The van der Waals surface area contributed by atoms with Crippen molar-refractivity contribution in [2.24, 2.45) is 0 Å². The topological polar surface area (TPSA) is 86.1 Å². The molecule has 7 nitrogen and oxygen atoms in total. The Balaban J connectivity index is 2.08. The fourth-order valence-electron chi connectivity index (χ4n) is 2.32. The number of benzene rings is 2. The molecule has 3 aromatic rings. The summed E-state index contributed by atoms with van der Waals surface area (Å²) in [5.74, 6) is 0.252. The second-order valence-electron chi connectivity index (χ2n) is 5.26. The van der Waals surface area contributed by atoms with Crippen molar-refractivity contribution in [1.82, 2.24) is 14.8 Å². The molecule has 1 heterocycles. The number of halogens is 1. The normalized spacial score (nSPS) is 11.3. The molecule has 3 rings (SSSR count). The summed E-state index contributed by atoms with van der Waals surface area (Å²) in [6, 6.07) is 9.74. The van der Waals surface area contributed by atoms with Gasteiger partial charge < -0.3 is 4.74 Å². The maximum absolute atomic E-state index is 12.9. The molecule has 2 aromatic carbocycles. The van der Waals surface area contributed by atoms with Crippen LogP contribution in [0.5, 0.6) is 5.75 Å². The van der Waals surface area contributed by atoms with Gasteiger partial charge in [-0.2, -0.15) is 5.10 Å². The third kappa shape index (κ3) is 3.59. The van der Waals surface area contributed by atoms with Crippen LogP contribution in [0.25, 0.3) is 5.69 Å². The lowest BCUT2D eigenvalue weighted by Crippen LogP contribution is -2.16. The molecule has 9 heteroatoms. The van der Waals surface area contributed by atoms with Crippen molar-refractivity contribution in [1.29, 1.82) is 0 Å². The first kappa shape index (κ1) is 17.2. The average Bonchev–Trinajstić information content (AvgIpc) is 3.09. The molecule has 0 aliphatic rings. The van der Waals surface area contributed by atoms with Gasteiger partial charge in [0.15, 0.2) is 0 Å². The molecule has 0 amide bonds. The van der Waals surface area contributed by atoms with Gasteiger partial charge in [0.1, 0.15) is 23.3 Å². The van der Waals surface area contributed by atoms with Crippen molar-refractivity contribution < 1.29 is 13.2 Å². The van der Waals surface area contributed by atoms with Crippen molar-refractivity contribution in [2.45, 2.75) is 11.8 Å². The zero-order valence-electron chi connectivity index (χ0n) is 13.5. The van der Waals surface area contributed by atoms with Gasteiger partial charge in [-0.05, 0) is 42.8 Å². The molecule has 0 fully saturated rings. The molecular formula is C16H15ClN4O3S. The van der Waals surface area contributed by atoms with E-state index in [0.717, 1.165) is 5.56 Å². The lowest BCUT2D eigenvalue weighted by molar-refractivity contribution is 0.402. The first-order valence-electron chi connectivity index (χ1n) is 7.23. The van der Waals surface area contributed by atoms with Crippen molar-refractivity contribution in [3.05, 3.63) is 59.6 Å². The number of nitrogens with zero attached hydrogens (tertiary/aromatic N) is 3. The van der Waals surface area contributed by atoms with Gasteiger partial charge in [-0.15, -0.1) is 0 Å². The van der Waals surface area contributed by atoms with Crippen LogP contribution in [0.4, 0.5) is 5.69 Å². The SMILES string of the molecule is COc1ccc(C)cc1S(=O)(=O)Nc1cc(Cl)ccc1-n1cncn1. The van der Waals surface area contributed by atoms with Gasteiger partial charge in [0.25, 0.3) is 10.0 Å². The van der Waals surface area contributed by atoms with E-state index in [-0.39, 0.29) is 16.3 Å². The smallest absolute Gasteiger partial charge is 0.265 e. The predicted octanol–water partition coefficient (Wildman–Crippen LogP) is 3.04. The van der Waals surface area contributed by atoms with E-state index in [4.69, 9.17) is 16.3 Å². The Kier molecular flexibility index (Phi) is 4.65. The van der Waals surface area contributed by atoms with E-state index >= 15 is 0 Å². The van der Waals surface area contributed by atoms with E-state index in [1.54, 1.807) is 37.3 Å². The van der Waals surface area contributed by atoms with E-state index in [1.165, 1.54) is 30.5 Å². The standard InChI is InChI=1S/C16H15ClN4O3S/c1-11-3-6-15(24-2)16(7-11)25(22,23)20-13-8-12(17)4-5-14(13)21-10-18-9-19-21/h3-10,20H,1-2H3. The number of methoxy groups -OCH3 is 1. The maximum Gasteiger partial charge on any atom is 0.265 e. The van der Waals surface area contributed by atoms with Crippen LogP contribution in [0.3, 0.4) is 0 Å². The summed E-state index contributed by atoms with van der Waals surface area (Å²) in [5.41, 5.74) is 1.57. The van der Waals surface area contributed by atoms with Crippen LogP contribution in [-0.2, 0) is 10.0 Å². The van der Waals surface area contributed by atoms with Crippen molar-refractivity contribution in [3.63, 3.8) is 0 Å². The quantitative estimate of drug-likeness (QED) is 0.737. The summed E-state index contributed by atoms with van der Waals surface area (Å²) < 4.78 is 35.0. The number of hydrogen-bond donors (Lipinski definition) is 1. The Morgan fingerprint density at radius 2 is 2.00 bits per heavy atom. The molecule has 1 N–H and O–H groups in total. The number of hydrogen-bond acceptors (Lipinski definition) is 5. The average molecular weight is 379 g/mol. The minimum absolute atomic E-state index is 0.0412. The molecular weight excluding hydrogens is 364 g/mol.